The molecule has 1 aliphatic rings. The molecule has 0 N–H and O–H groups in total. The molecule has 0 saturated carbocycles. The Morgan fingerprint density at radius 3 is 2.76 bits per heavy atom. The van der Waals surface area contributed by atoms with Gasteiger partial charge in [0.15, 0.2) is 0 Å². The van der Waals surface area contributed by atoms with E-state index < -0.39 is 4.92 Å². The average Bonchev–Trinajstić information content (AvgIpc) is 2.57. The van der Waals surface area contributed by atoms with Crippen molar-refractivity contribution in [2.75, 3.05) is 11.4 Å². The fourth-order valence-electron chi connectivity index (χ4n) is 2.05. The molecule has 17 heavy (non-hydrogen) atoms. The predicted molar refractivity (Wildman–Crippen MR) is 67.6 cm³/mol. The lowest BCUT2D eigenvalue weighted by Crippen LogP contribution is -2.26. The number of carbonyl (C=O) groups excluding carboxylic acids is 1. The third kappa shape index (κ3) is 2.12. The van der Waals surface area contributed by atoms with E-state index >= 15 is 0 Å². The minimum atomic E-state index is -0.457. The molecule has 1 aromatic carbocycles. The highest BCUT2D eigenvalue weighted by Crippen LogP contribution is 2.35. The van der Waals surface area contributed by atoms with E-state index in [1.165, 1.54) is 11.0 Å². The standard InChI is InChI=1S/C11H12N2O3S/c1-7-3-2-4-9(13(15)16)11(7)12-6-8(17)5-10(12)14/h2-4,8,17H,5-6H2,1H3. The zero-order valence-electron chi connectivity index (χ0n) is 9.29. The lowest BCUT2D eigenvalue weighted by molar-refractivity contribution is -0.384. The lowest BCUT2D eigenvalue weighted by Gasteiger charge is -2.18. The summed E-state index contributed by atoms with van der Waals surface area (Å²) in [4.78, 5) is 23.7. The van der Waals surface area contributed by atoms with Crippen LogP contribution in [-0.4, -0.2) is 22.6 Å². The maximum atomic E-state index is 11.8. The monoisotopic (exact) mass is 252 g/mol. The van der Waals surface area contributed by atoms with Gasteiger partial charge in [0, 0.05) is 24.3 Å². The molecular formula is C11H12N2O3S. The highest BCUT2D eigenvalue weighted by Gasteiger charge is 2.33. The van der Waals surface area contributed by atoms with Gasteiger partial charge in [-0.2, -0.15) is 12.6 Å². The average molecular weight is 252 g/mol. The Bertz CT molecular complexity index is 490. The molecular weight excluding hydrogens is 240 g/mol. The smallest absolute Gasteiger partial charge is 0.293 e. The summed E-state index contributed by atoms with van der Waals surface area (Å²) in [6.07, 6.45) is 0.328. The summed E-state index contributed by atoms with van der Waals surface area (Å²) in [5.41, 5.74) is 1.11. The molecule has 0 radical (unpaired) electrons. The van der Waals surface area contributed by atoms with Crippen molar-refractivity contribution < 1.29 is 9.72 Å². The van der Waals surface area contributed by atoms with Crippen LogP contribution in [0.15, 0.2) is 18.2 Å². The number of thiol groups is 1. The molecule has 1 amide bonds. The van der Waals surface area contributed by atoms with Crippen LogP contribution >= 0.6 is 12.6 Å². The fraction of sp³-hybridized carbons (Fsp3) is 0.364. The number of aryl methyl sites for hydroxylation is 1. The molecule has 5 nitrogen and oxygen atoms in total. The highest BCUT2D eigenvalue weighted by atomic mass is 32.1. The van der Waals surface area contributed by atoms with Gasteiger partial charge in [0.25, 0.3) is 5.69 Å². The number of nitrogens with zero attached hydrogens (tertiary/aromatic N) is 2. The third-order valence-electron chi connectivity index (χ3n) is 2.79. The molecule has 0 spiro atoms. The van der Waals surface area contributed by atoms with Crippen molar-refractivity contribution >= 4 is 29.9 Å². The first kappa shape index (κ1) is 11.9. The largest absolute Gasteiger partial charge is 0.305 e. The topological polar surface area (TPSA) is 63.5 Å². The Morgan fingerprint density at radius 1 is 1.53 bits per heavy atom. The number of hydrogen-bond acceptors (Lipinski definition) is 4. The van der Waals surface area contributed by atoms with Crippen LogP contribution in [0.2, 0.25) is 0 Å². The van der Waals surface area contributed by atoms with Crippen LogP contribution in [0.5, 0.6) is 0 Å². The summed E-state index contributed by atoms with van der Waals surface area (Å²) in [5, 5.41) is 10.9. The van der Waals surface area contributed by atoms with Gasteiger partial charge < -0.3 is 4.90 Å². The Labute approximate surface area is 104 Å². The van der Waals surface area contributed by atoms with Gasteiger partial charge >= 0.3 is 0 Å². The highest BCUT2D eigenvalue weighted by molar-refractivity contribution is 7.81. The molecule has 90 valence electrons. The number of benzene rings is 1. The lowest BCUT2D eigenvalue weighted by atomic mass is 10.1. The number of anilines is 1. The first-order valence-electron chi connectivity index (χ1n) is 5.23. The molecule has 1 aliphatic heterocycles. The number of rotatable bonds is 2. The van der Waals surface area contributed by atoms with Gasteiger partial charge in [-0.25, -0.2) is 0 Å². The molecule has 2 rings (SSSR count). The number of amides is 1. The van der Waals surface area contributed by atoms with E-state index in [-0.39, 0.29) is 16.8 Å². The van der Waals surface area contributed by atoms with Gasteiger partial charge in [0.1, 0.15) is 5.69 Å². The van der Waals surface area contributed by atoms with Crippen LogP contribution in [0.25, 0.3) is 0 Å². The van der Waals surface area contributed by atoms with E-state index in [2.05, 4.69) is 12.6 Å². The molecule has 1 saturated heterocycles. The number of hydrogen-bond donors (Lipinski definition) is 1. The second-order valence-electron chi connectivity index (χ2n) is 4.06. The second-order valence-corrected chi connectivity index (χ2v) is 4.79. The molecule has 1 atom stereocenters. The third-order valence-corrected chi connectivity index (χ3v) is 3.13. The van der Waals surface area contributed by atoms with E-state index in [9.17, 15) is 14.9 Å². The van der Waals surface area contributed by atoms with Gasteiger partial charge in [0.05, 0.1) is 4.92 Å². The fourth-order valence-corrected chi connectivity index (χ4v) is 2.37. The number of para-hydroxylation sites is 1. The maximum Gasteiger partial charge on any atom is 0.293 e. The van der Waals surface area contributed by atoms with Gasteiger partial charge in [0.2, 0.25) is 5.91 Å². The molecule has 1 aromatic rings. The van der Waals surface area contributed by atoms with Crippen molar-refractivity contribution in [3.05, 3.63) is 33.9 Å². The summed E-state index contributed by atoms with van der Waals surface area (Å²) in [5.74, 6) is -0.109. The Morgan fingerprint density at radius 2 is 2.24 bits per heavy atom. The van der Waals surface area contributed by atoms with Crippen LogP contribution < -0.4 is 4.90 Å². The number of nitro benzene ring substituents is 1. The van der Waals surface area contributed by atoms with Crippen LogP contribution in [-0.2, 0) is 4.79 Å². The summed E-state index contributed by atoms with van der Waals surface area (Å²) >= 11 is 4.25. The van der Waals surface area contributed by atoms with Gasteiger partial charge in [-0.1, -0.05) is 12.1 Å². The Balaban J connectivity index is 2.51. The normalized spacial score (nSPS) is 19.8. The van der Waals surface area contributed by atoms with Crippen molar-refractivity contribution in [2.24, 2.45) is 0 Å². The summed E-state index contributed by atoms with van der Waals surface area (Å²) in [7, 11) is 0. The maximum absolute atomic E-state index is 11.8. The van der Waals surface area contributed by atoms with E-state index in [1.54, 1.807) is 19.1 Å². The zero-order valence-corrected chi connectivity index (χ0v) is 10.2. The van der Waals surface area contributed by atoms with Crippen LogP contribution in [0, 0.1) is 17.0 Å². The Kier molecular flexibility index (Phi) is 3.06. The molecule has 1 heterocycles. The van der Waals surface area contributed by atoms with Crippen LogP contribution in [0.1, 0.15) is 12.0 Å². The molecule has 0 aliphatic carbocycles. The van der Waals surface area contributed by atoms with Crippen LogP contribution in [0.4, 0.5) is 11.4 Å². The summed E-state index contributed by atoms with van der Waals surface area (Å²) in [6, 6.07) is 4.80. The van der Waals surface area contributed by atoms with Gasteiger partial charge in [-0.3, -0.25) is 14.9 Å². The first-order chi connectivity index (χ1) is 8.00. The Hall–Kier alpha value is -1.56. The van der Waals surface area contributed by atoms with Crippen molar-refractivity contribution in [2.45, 2.75) is 18.6 Å². The first-order valence-corrected chi connectivity index (χ1v) is 5.74. The number of nitro groups is 1. The second kappa shape index (κ2) is 4.37. The minimum Gasteiger partial charge on any atom is -0.305 e. The van der Waals surface area contributed by atoms with Crippen molar-refractivity contribution in [3.63, 3.8) is 0 Å². The van der Waals surface area contributed by atoms with E-state index in [0.717, 1.165) is 5.56 Å². The van der Waals surface area contributed by atoms with Crippen molar-refractivity contribution in [1.82, 2.24) is 0 Å². The summed E-state index contributed by atoms with van der Waals surface area (Å²) in [6.45, 7) is 2.19. The molecule has 1 unspecified atom stereocenters. The van der Waals surface area contributed by atoms with Gasteiger partial charge in [-0.05, 0) is 12.5 Å². The molecule has 0 bridgehead atoms. The SMILES string of the molecule is Cc1cccc([N+](=O)[O-])c1N1CC(S)CC1=O. The van der Waals surface area contributed by atoms with E-state index in [1.807, 2.05) is 0 Å². The molecule has 0 aromatic heterocycles. The van der Waals surface area contributed by atoms with Crippen molar-refractivity contribution in [3.8, 4) is 0 Å². The van der Waals surface area contributed by atoms with E-state index in [4.69, 9.17) is 0 Å². The van der Waals surface area contributed by atoms with Gasteiger partial charge in [-0.15, -0.1) is 0 Å². The summed E-state index contributed by atoms with van der Waals surface area (Å²) < 4.78 is 0. The molecule has 1 fully saturated rings. The predicted octanol–water partition coefficient (Wildman–Crippen LogP) is 1.94. The molecule has 6 heteroatoms. The quantitative estimate of drug-likeness (QED) is 0.497. The van der Waals surface area contributed by atoms with Crippen LogP contribution in [0.3, 0.4) is 0 Å². The zero-order chi connectivity index (χ0) is 12.6. The van der Waals surface area contributed by atoms with E-state index in [0.29, 0.717) is 18.7 Å². The van der Waals surface area contributed by atoms with Crippen molar-refractivity contribution in [1.29, 1.82) is 0 Å². The number of carbonyl (C=O) groups is 1. The minimum absolute atomic E-state index is 0.0271.